The maximum absolute atomic E-state index is 13.6. The van der Waals surface area contributed by atoms with E-state index in [-0.39, 0.29) is 29.4 Å². The number of rotatable bonds is 7. The smallest absolute Gasteiger partial charge is 0.243 e. The second-order valence-corrected chi connectivity index (χ2v) is 11.3. The summed E-state index contributed by atoms with van der Waals surface area (Å²) in [6.45, 7) is 0.425. The highest BCUT2D eigenvalue weighted by Gasteiger charge is 2.41. The number of ether oxygens (including phenoxy) is 1. The van der Waals surface area contributed by atoms with Crippen molar-refractivity contribution >= 4 is 27.3 Å². The van der Waals surface area contributed by atoms with Gasteiger partial charge in [0.25, 0.3) is 0 Å². The Hall–Kier alpha value is -2.68. The third-order valence-electron chi connectivity index (χ3n) is 6.31. The molecule has 2 heterocycles. The second kappa shape index (κ2) is 8.93. The van der Waals surface area contributed by atoms with Gasteiger partial charge in [-0.05, 0) is 66.1 Å². The minimum atomic E-state index is -3.80. The van der Waals surface area contributed by atoms with Crippen LogP contribution in [0.25, 0.3) is 0 Å². The zero-order chi connectivity index (χ0) is 23.0. The molecule has 0 bridgehead atoms. The molecular formula is C25H26N2O4S2. The Morgan fingerprint density at radius 3 is 2.48 bits per heavy atom. The Morgan fingerprint density at radius 1 is 1.09 bits per heavy atom. The van der Waals surface area contributed by atoms with Gasteiger partial charge >= 0.3 is 0 Å². The number of sulfonamides is 1. The molecule has 0 saturated heterocycles. The zero-order valence-corrected chi connectivity index (χ0v) is 20.0. The minimum absolute atomic E-state index is 0.127. The molecule has 1 saturated carbocycles. The Labute approximate surface area is 198 Å². The minimum Gasteiger partial charge on any atom is -0.497 e. The van der Waals surface area contributed by atoms with Gasteiger partial charge < -0.3 is 9.64 Å². The number of carbonyl (C=O) groups excluding carboxylic acids is 1. The van der Waals surface area contributed by atoms with Crippen molar-refractivity contribution in [2.24, 2.45) is 0 Å². The highest BCUT2D eigenvalue weighted by Crippen LogP contribution is 2.39. The SMILES string of the molecule is COc1ccc(S(=O)(=O)N(CC(=O)N2CCc3sccc3C2c2ccccc2)C2CC2)cc1. The van der Waals surface area contributed by atoms with Crippen LogP contribution in [0.1, 0.15) is 34.9 Å². The summed E-state index contributed by atoms with van der Waals surface area (Å²) in [6.07, 6.45) is 2.34. The van der Waals surface area contributed by atoms with E-state index in [1.807, 2.05) is 35.2 Å². The molecule has 8 heteroatoms. The summed E-state index contributed by atoms with van der Waals surface area (Å²) in [5.41, 5.74) is 2.18. The predicted molar refractivity (Wildman–Crippen MR) is 128 cm³/mol. The first-order chi connectivity index (χ1) is 16.0. The van der Waals surface area contributed by atoms with Crippen molar-refractivity contribution in [3.63, 3.8) is 0 Å². The second-order valence-electron chi connectivity index (χ2n) is 8.41. The number of carbonyl (C=O) groups is 1. The van der Waals surface area contributed by atoms with Crippen molar-refractivity contribution in [1.29, 1.82) is 0 Å². The van der Waals surface area contributed by atoms with Crippen LogP contribution in [-0.2, 0) is 21.2 Å². The molecule has 1 aliphatic heterocycles. The van der Waals surface area contributed by atoms with Gasteiger partial charge in [0.1, 0.15) is 5.75 Å². The fraction of sp³-hybridized carbons (Fsp3) is 0.320. The van der Waals surface area contributed by atoms with E-state index in [9.17, 15) is 13.2 Å². The molecule has 1 aromatic heterocycles. The van der Waals surface area contributed by atoms with E-state index < -0.39 is 10.0 Å². The van der Waals surface area contributed by atoms with Crippen LogP contribution in [0.3, 0.4) is 0 Å². The van der Waals surface area contributed by atoms with Gasteiger partial charge in [-0.1, -0.05) is 30.3 Å². The van der Waals surface area contributed by atoms with Gasteiger partial charge in [0.05, 0.1) is 24.6 Å². The van der Waals surface area contributed by atoms with Crippen LogP contribution in [0.4, 0.5) is 0 Å². The molecule has 0 radical (unpaired) electrons. The van der Waals surface area contributed by atoms with Crippen LogP contribution >= 0.6 is 11.3 Å². The predicted octanol–water partition coefficient (Wildman–Crippen LogP) is 4.08. The lowest BCUT2D eigenvalue weighted by Gasteiger charge is -2.37. The number of amides is 1. The number of fused-ring (bicyclic) bond motifs is 1. The van der Waals surface area contributed by atoms with Crippen molar-refractivity contribution in [1.82, 2.24) is 9.21 Å². The van der Waals surface area contributed by atoms with E-state index in [0.29, 0.717) is 12.3 Å². The van der Waals surface area contributed by atoms with Crippen molar-refractivity contribution < 1.29 is 17.9 Å². The largest absolute Gasteiger partial charge is 0.497 e. The monoisotopic (exact) mass is 482 g/mol. The standard InChI is InChI=1S/C25H26N2O4S2/c1-31-20-9-11-21(12-10-20)33(29,30)27(19-7-8-19)17-24(28)26-15-13-23-22(14-16-32-23)25(26)18-5-3-2-4-6-18/h2-6,9-12,14,16,19,25H,7-8,13,15,17H2,1H3. The molecule has 3 aromatic rings. The Bertz CT molecular complexity index is 1230. The van der Waals surface area contributed by atoms with Crippen molar-refractivity contribution in [3.8, 4) is 5.75 Å². The van der Waals surface area contributed by atoms with Crippen molar-refractivity contribution in [2.75, 3.05) is 20.2 Å². The molecule has 1 atom stereocenters. The van der Waals surface area contributed by atoms with E-state index in [4.69, 9.17) is 4.74 Å². The summed E-state index contributed by atoms with van der Waals surface area (Å²) in [4.78, 5) is 17.0. The first kappa shape index (κ1) is 22.1. The lowest BCUT2D eigenvalue weighted by Crippen LogP contribution is -2.47. The van der Waals surface area contributed by atoms with E-state index in [1.165, 1.54) is 9.18 Å². The molecular weight excluding hydrogens is 456 g/mol. The summed E-state index contributed by atoms with van der Waals surface area (Å²) >= 11 is 1.72. The zero-order valence-electron chi connectivity index (χ0n) is 18.4. The average Bonchev–Trinajstić information content (AvgIpc) is 3.57. The fourth-order valence-corrected chi connectivity index (χ4v) is 7.00. The number of nitrogens with zero attached hydrogens (tertiary/aromatic N) is 2. The first-order valence-corrected chi connectivity index (χ1v) is 13.4. The Kier molecular flexibility index (Phi) is 5.99. The third kappa shape index (κ3) is 4.30. The summed E-state index contributed by atoms with van der Waals surface area (Å²) in [5.74, 6) is 0.429. The highest BCUT2D eigenvalue weighted by atomic mass is 32.2. The molecule has 1 amide bonds. The number of benzene rings is 2. The maximum atomic E-state index is 13.6. The van der Waals surface area contributed by atoms with Gasteiger partial charge in [0.15, 0.2) is 0 Å². The van der Waals surface area contributed by atoms with Crippen LogP contribution in [0.5, 0.6) is 5.75 Å². The van der Waals surface area contributed by atoms with E-state index in [1.54, 1.807) is 42.7 Å². The molecule has 172 valence electrons. The van der Waals surface area contributed by atoms with Gasteiger partial charge in [0.2, 0.25) is 15.9 Å². The number of thiophene rings is 1. The van der Waals surface area contributed by atoms with Crippen LogP contribution in [-0.4, -0.2) is 49.8 Å². The molecule has 5 rings (SSSR count). The molecule has 2 aromatic carbocycles. The topological polar surface area (TPSA) is 66.9 Å². The fourth-order valence-electron chi connectivity index (χ4n) is 4.46. The highest BCUT2D eigenvalue weighted by molar-refractivity contribution is 7.89. The molecule has 2 aliphatic rings. The number of hydrogen-bond donors (Lipinski definition) is 0. The quantitative estimate of drug-likeness (QED) is 0.509. The lowest BCUT2D eigenvalue weighted by atomic mass is 9.93. The maximum Gasteiger partial charge on any atom is 0.243 e. The first-order valence-electron chi connectivity index (χ1n) is 11.1. The van der Waals surface area contributed by atoms with Crippen LogP contribution in [0, 0.1) is 0 Å². The molecule has 33 heavy (non-hydrogen) atoms. The molecule has 0 spiro atoms. The number of hydrogen-bond acceptors (Lipinski definition) is 5. The number of methoxy groups -OCH3 is 1. The van der Waals surface area contributed by atoms with Gasteiger partial charge in [-0.3, -0.25) is 4.79 Å². The molecule has 1 fully saturated rings. The van der Waals surface area contributed by atoms with Crippen LogP contribution < -0.4 is 4.74 Å². The van der Waals surface area contributed by atoms with Crippen molar-refractivity contribution in [3.05, 3.63) is 82.0 Å². The lowest BCUT2D eigenvalue weighted by molar-refractivity contribution is -0.133. The van der Waals surface area contributed by atoms with Gasteiger partial charge in [0, 0.05) is 17.5 Å². The third-order valence-corrected chi connectivity index (χ3v) is 9.22. The van der Waals surface area contributed by atoms with E-state index >= 15 is 0 Å². The van der Waals surface area contributed by atoms with E-state index in [2.05, 4.69) is 11.4 Å². The van der Waals surface area contributed by atoms with E-state index in [0.717, 1.165) is 30.4 Å². The van der Waals surface area contributed by atoms with Gasteiger partial charge in [-0.15, -0.1) is 11.3 Å². The van der Waals surface area contributed by atoms with Crippen LogP contribution in [0.15, 0.2) is 70.9 Å². The molecule has 1 unspecified atom stereocenters. The van der Waals surface area contributed by atoms with Gasteiger partial charge in [-0.2, -0.15) is 4.31 Å². The molecule has 0 N–H and O–H groups in total. The van der Waals surface area contributed by atoms with Crippen LogP contribution in [0.2, 0.25) is 0 Å². The summed E-state index contributed by atoms with van der Waals surface area (Å²) in [6, 6.07) is 18.1. The Balaban J connectivity index is 1.44. The molecule has 1 aliphatic carbocycles. The van der Waals surface area contributed by atoms with Crippen molar-refractivity contribution in [2.45, 2.75) is 36.2 Å². The average molecular weight is 483 g/mol. The normalized spacial score (nSPS) is 18.2. The molecule has 6 nitrogen and oxygen atoms in total. The van der Waals surface area contributed by atoms with Gasteiger partial charge in [-0.25, -0.2) is 8.42 Å². The summed E-state index contributed by atoms with van der Waals surface area (Å²) in [7, 11) is -2.25. The Morgan fingerprint density at radius 2 is 1.82 bits per heavy atom. The summed E-state index contributed by atoms with van der Waals surface area (Å²) < 4.78 is 33.5. The summed E-state index contributed by atoms with van der Waals surface area (Å²) in [5, 5.41) is 2.07.